The molecule has 0 aromatic heterocycles. The summed E-state index contributed by atoms with van der Waals surface area (Å²) in [4.78, 5) is 26.8. The third-order valence-corrected chi connectivity index (χ3v) is 6.14. The van der Waals surface area contributed by atoms with Gasteiger partial charge in [0.05, 0.1) is 12.1 Å². The molecule has 0 unspecified atom stereocenters. The SMILES string of the molecule is N#C[C@@]12C(=O)NC(=O)[C@]1(C#N)C21CCN(Cc2ccccc2)CC1. The van der Waals surface area contributed by atoms with Crippen LogP contribution in [0.2, 0.25) is 0 Å². The van der Waals surface area contributed by atoms with Gasteiger partial charge in [0.15, 0.2) is 10.8 Å². The second-order valence-corrected chi connectivity index (χ2v) is 6.85. The van der Waals surface area contributed by atoms with Gasteiger partial charge in [0, 0.05) is 12.0 Å². The molecule has 2 atom stereocenters. The van der Waals surface area contributed by atoms with E-state index in [1.165, 1.54) is 5.56 Å². The van der Waals surface area contributed by atoms with Crippen molar-refractivity contribution in [1.82, 2.24) is 10.2 Å². The molecule has 4 rings (SSSR count). The number of likely N-dealkylation sites (tertiary alicyclic amines) is 1. The number of carbonyl (C=O) groups is 2. The van der Waals surface area contributed by atoms with Crippen molar-refractivity contribution in [3.8, 4) is 12.1 Å². The van der Waals surface area contributed by atoms with Crippen LogP contribution < -0.4 is 5.32 Å². The van der Waals surface area contributed by atoms with Crippen LogP contribution in [-0.4, -0.2) is 29.8 Å². The summed E-state index contributed by atoms with van der Waals surface area (Å²) in [6.45, 7) is 2.13. The van der Waals surface area contributed by atoms with Crippen LogP contribution >= 0.6 is 0 Å². The normalized spacial score (nSPS) is 33.4. The van der Waals surface area contributed by atoms with Gasteiger partial charge in [-0.2, -0.15) is 10.5 Å². The molecule has 2 amide bonds. The number of hydrogen-bond acceptors (Lipinski definition) is 5. The summed E-state index contributed by atoms with van der Waals surface area (Å²) < 4.78 is 0. The van der Waals surface area contributed by atoms with Gasteiger partial charge in [-0.05, 0) is 31.5 Å². The molecule has 0 bridgehead atoms. The lowest BCUT2D eigenvalue weighted by molar-refractivity contribution is -0.131. The maximum absolute atomic E-state index is 12.3. The van der Waals surface area contributed by atoms with Gasteiger partial charge in [-0.15, -0.1) is 0 Å². The summed E-state index contributed by atoms with van der Waals surface area (Å²) in [6.07, 6.45) is 1.03. The Labute approximate surface area is 139 Å². The van der Waals surface area contributed by atoms with E-state index in [9.17, 15) is 20.1 Å². The maximum Gasteiger partial charge on any atom is 0.249 e. The van der Waals surface area contributed by atoms with Crippen molar-refractivity contribution in [2.24, 2.45) is 16.2 Å². The molecule has 3 aliphatic rings. The number of fused-ring (bicyclic) bond motifs is 3. The standard InChI is InChI=1S/C18H16N4O2/c19-11-17-14(23)21-15(24)18(17,12-20)16(17)6-8-22(9-7-16)10-13-4-2-1-3-5-13/h1-5H,6-10H2,(H,21,23,24)/t17-,18+. The van der Waals surface area contributed by atoms with Gasteiger partial charge >= 0.3 is 0 Å². The summed E-state index contributed by atoms with van der Waals surface area (Å²) in [7, 11) is 0. The molecule has 6 heteroatoms. The molecular weight excluding hydrogens is 304 g/mol. The van der Waals surface area contributed by atoms with E-state index in [-0.39, 0.29) is 0 Å². The molecule has 1 aliphatic carbocycles. The Morgan fingerprint density at radius 1 is 1.00 bits per heavy atom. The number of carbonyl (C=O) groups excluding carboxylic acids is 2. The molecule has 1 N–H and O–H groups in total. The first-order chi connectivity index (χ1) is 11.6. The molecule has 1 saturated carbocycles. The number of nitrogens with zero attached hydrogens (tertiary/aromatic N) is 3. The van der Waals surface area contributed by atoms with Crippen LogP contribution in [0.4, 0.5) is 0 Å². The first-order valence-electron chi connectivity index (χ1n) is 8.03. The predicted molar refractivity (Wildman–Crippen MR) is 82.6 cm³/mol. The second-order valence-electron chi connectivity index (χ2n) is 6.85. The number of nitrogens with one attached hydrogen (secondary N) is 1. The number of benzene rings is 1. The Hall–Kier alpha value is -2.70. The lowest BCUT2D eigenvalue weighted by atomic mass is 9.81. The summed E-state index contributed by atoms with van der Waals surface area (Å²) in [5.74, 6) is -1.18. The number of nitriles is 2. The van der Waals surface area contributed by atoms with Crippen molar-refractivity contribution in [2.45, 2.75) is 19.4 Å². The first-order valence-corrected chi connectivity index (χ1v) is 8.03. The van der Waals surface area contributed by atoms with E-state index in [4.69, 9.17) is 0 Å². The maximum atomic E-state index is 12.3. The van der Waals surface area contributed by atoms with Gasteiger partial charge in [-0.25, -0.2) is 0 Å². The van der Waals surface area contributed by atoms with E-state index >= 15 is 0 Å². The first kappa shape index (κ1) is 14.9. The Balaban J connectivity index is 1.58. The van der Waals surface area contributed by atoms with E-state index in [0.29, 0.717) is 25.9 Å². The quantitative estimate of drug-likeness (QED) is 0.819. The largest absolute Gasteiger partial charge is 0.299 e. The van der Waals surface area contributed by atoms with Crippen LogP contribution in [0, 0.1) is 38.9 Å². The second kappa shape index (κ2) is 4.66. The number of hydrogen-bond donors (Lipinski definition) is 1. The highest BCUT2D eigenvalue weighted by Crippen LogP contribution is 2.83. The topological polar surface area (TPSA) is 97.0 Å². The number of imide groups is 1. The molecule has 1 spiro atoms. The van der Waals surface area contributed by atoms with Crippen molar-refractivity contribution >= 4 is 11.8 Å². The molecule has 120 valence electrons. The molecule has 24 heavy (non-hydrogen) atoms. The van der Waals surface area contributed by atoms with Crippen molar-refractivity contribution in [1.29, 1.82) is 10.5 Å². The molecule has 1 aromatic carbocycles. The molecule has 2 heterocycles. The lowest BCUT2D eigenvalue weighted by Crippen LogP contribution is -2.44. The third kappa shape index (κ3) is 1.39. The molecular formula is C18H16N4O2. The summed E-state index contributed by atoms with van der Waals surface area (Å²) in [6, 6.07) is 14.1. The van der Waals surface area contributed by atoms with Crippen LogP contribution in [0.15, 0.2) is 30.3 Å². The zero-order valence-corrected chi connectivity index (χ0v) is 13.1. The zero-order valence-electron chi connectivity index (χ0n) is 13.1. The number of amides is 2. The molecule has 6 nitrogen and oxygen atoms in total. The van der Waals surface area contributed by atoms with Crippen LogP contribution in [0.5, 0.6) is 0 Å². The summed E-state index contributed by atoms with van der Waals surface area (Å²) >= 11 is 0. The Kier molecular flexibility index (Phi) is 2.88. The monoisotopic (exact) mass is 320 g/mol. The van der Waals surface area contributed by atoms with E-state index < -0.39 is 28.1 Å². The smallest absolute Gasteiger partial charge is 0.249 e. The van der Waals surface area contributed by atoms with Crippen LogP contribution in [0.1, 0.15) is 18.4 Å². The van der Waals surface area contributed by atoms with Crippen LogP contribution in [-0.2, 0) is 16.1 Å². The Bertz CT molecular complexity index is 774. The van der Waals surface area contributed by atoms with Gasteiger partial charge < -0.3 is 0 Å². The molecule has 1 aromatic rings. The van der Waals surface area contributed by atoms with E-state index in [1.807, 2.05) is 30.3 Å². The van der Waals surface area contributed by atoms with Crippen molar-refractivity contribution in [2.75, 3.05) is 13.1 Å². The Morgan fingerprint density at radius 3 is 2.04 bits per heavy atom. The van der Waals surface area contributed by atoms with E-state index in [2.05, 4.69) is 22.3 Å². The minimum atomic E-state index is -1.50. The zero-order chi connectivity index (χ0) is 17.0. The van der Waals surface area contributed by atoms with Crippen LogP contribution in [0.25, 0.3) is 0 Å². The summed E-state index contributed by atoms with van der Waals surface area (Å²) in [5.41, 5.74) is -2.62. The Morgan fingerprint density at radius 2 is 1.54 bits per heavy atom. The minimum Gasteiger partial charge on any atom is -0.299 e. The predicted octanol–water partition coefficient (Wildman–Crippen LogP) is 0.959. The number of piperidine rings is 2. The highest BCUT2D eigenvalue weighted by molar-refractivity contribution is 6.19. The highest BCUT2D eigenvalue weighted by atomic mass is 16.2. The van der Waals surface area contributed by atoms with Crippen molar-refractivity contribution < 1.29 is 9.59 Å². The van der Waals surface area contributed by atoms with Crippen LogP contribution in [0.3, 0.4) is 0 Å². The average molecular weight is 320 g/mol. The lowest BCUT2D eigenvalue weighted by Gasteiger charge is -2.35. The fourth-order valence-electron chi connectivity index (χ4n) is 4.93. The van der Waals surface area contributed by atoms with Crippen molar-refractivity contribution in [3.05, 3.63) is 35.9 Å². The van der Waals surface area contributed by atoms with E-state index in [0.717, 1.165) is 6.54 Å². The highest BCUT2D eigenvalue weighted by Gasteiger charge is 2.98. The molecule has 0 radical (unpaired) electrons. The molecule has 3 fully saturated rings. The van der Waals surface area contributed by atoms with Gasteiger partial charge in [-0.1, -0.05) is 30.3 Å². The van der Waals surface area contributed by atoms with E-state index in [1.54, 1.807) is 0 Å². The average Bonchev–Trinajstić information content (AvgIpc) is 3.03. The fraction of sp³-hybridized carbons (Fsp3) is 0.444. The van der Waals surface area contributed by atoms with Gasteiger partial charge in [0.2, 0.25) is 11.8 Å². The third-order valence-electron chi connectivity index (χ3n) is 6.14. The molecule has 2 saturated heterocycles. The minimum absolute atomic E-state index is 0.514. The number of rotatable bonds is 2. The fourth-order valence-corrected chi connectivity index (χ4v) is 4.93. The van der Waals surface area contributed by atoms with Gasteiger partial charge in [0.1, 0.15) is 0 Å². The van der Waals surface area contributed by atoms with Gasteiger partial charge in [-0.3, -0.25) is 19.8 Å². The summed E-state index contributed by atoms with van der Waals surface area (Å²) in [5, 5.41) is 21.5. The molecule has 2 aliphatic heterocycles. The van der Waals surface area contributed by atoms with Crippen molar-refractivity contribution in [3.63, 3.8) is 0 Å². The van der Waals surface area contributed by atoms with Gasteiger partial charge in [0.25, 0.3) is 0 Å².